The van der Waals surface area contributed by atoms with Crippen molar-refractivity contribution >= 4 is 0 Å². The normalized spacial score (nSPS) is 33.2. The second kappa shape index (κ2) is 3.35. The van der Waals surface area contributed by atoms with E-state index in [0.717, 1.165) is 25.7 Å². The van der Waals surface area contributed by atoms with Gasteiger partial charge in [-0.3, -0.25) is 0 Å². The summed E-state index contributed by atoms with van der Waals surface area (Å²) in [6.45, 7) is 2.84. The number of ether oxygens (including phenoxy) is 1. The monoisotopic (exact) mass is 169 g/mol. The molecule has 0 aromatic heterocycles. The van der Waals surface area contributed by atoms with E-state index in [0.29, 0.717) is 5.41 Å². The first kappa shape index (κ1) is 8.52. The minimum absolute atomic E-state index is 0.602. The van der Waals surface area contributed by atoms with E-state index in [-0.39, 0.29) is 0 Å². The molecule has 0 aromatic rings. The molecular formula is C10H19NO. The van der Waals surface area contributed by atoms with Crippen molar-refractivity contribution in [2.45, 2.75) is 32.1 Å². The molecule has 0 amide bonds. The molecule has 0 spiro atoms. The van der Waals surface area contributed by atoms with Crippen molar-refractivity contribution in [3.63, 3.8) is 0 Å². The fraction of sp³-hybridized carbons (Fsp3) is 1.00. The van der Waals surface area contributed by atoms with Crippen molar-refractivity contribution in [1.29, 1.82) is 0 Å². The first-order valence-corrected chi connectivity index (χ1v) is 5.15. The summed E-state index contributed by atoms with van der Waals surface area (Å²) in [7, 11) is 0. The Hall–Kier alpha value is -0.0800. The summed E-state index contributed by atoms with van der Waals surface area (Å²) in [6.07, 6.45) is 6.72. The maximum atomic E-state index is 5.65. The van der Waals surface area contributed by atoms with Gasteiger partial charge in [-0.15, -0.1) is 0 Å². The largest absolute Gasteiger partial charge is 0.381 e. The molecule has 2 nitrogen and oxygen atoms in total. The zero-order chi connectivity index (χ0) is 8.44. The molecule has 1 saturated carbocycles. The summed E-state index contributed by atoms with van der Waals surface area (Å²) in [5.41, 5.74) is 6.25. The Bertz CT molecular complexity index is 148. The zero-order valence-corrected chi connectivity index (χ0v) is 7.72. The summed E-state index contributed by atoms with van der Waals surface area (Å²) in [4.78, 5) is 0. The van der Waals surface area contributed by atoms with Crippen LogP contribution in [0.3, 0.4) is 0 Å². The minimum atomic E-state index is 0.602. The average Bonchev–Trinajstić information content (AvgIpc) is 2.48. The molecule has 0 radical (unpaired) electrons. The van der Waals surface area contributed by atoms with Crippen molar-refractivity contribution in [1.82, 2.24) is 0 Å². The molecule has 2 heteroatoms. The number of hydrogen-bond donors (Lipinski definition) is 1. The maximum absolute atomic E-state index is 5.65. The summed E-state index contributed by atoms with van der Waals surface area (Å²) in [6, 6.07) is 0. The van der Waals surface area contributed by atoms with E-state index in [4.69, 9.17) is 10.5 Å². The molecule has 1 unspecified atom stereocenters. The van der Waals surface area contributed by atoms with Gasteiger partial charge in [0.15, 0.2) is 0 Å². The van der Waals surface area contributed by atoms with E-state index < -0.39 is 0 Å². The van der Waals surface area contributed by atoms with Gasteiger partial charge in [0.1, 0.15) is 0 Å². The minimum Gasteiger partial charge on any atom is -0.381 e. The standard InChI is InChI=1S/C10H19NO/c11-6-5-10(3-1-4-10)9-2-7-12-8-9/h9H,1-8,11H2. The predicted molar refractivity (Wildman–Crippen MR) is 48.9 cm³/mol. The molecule has 0 bridgehead atoms. The van der Waals surface area contributed by atoms with Crippen molar-refractivity contribution in [2.75, 3.05) is 19.8 Å². The van der Waals surface area contributed by atoms with Gasteiger partial charge in [0, 0.05) is 13.2 Å². The third-order valence-corrected chi connectivity index (χ3v) is 3.79. The molecule has 2 rings (SSSR count). The highest BCUT2D eigenvalue weighted by atomic mass is 16.5. The lowest BCUT2D eigenvalue weighted by Crippen LogP contribution is -2.39. The first-order chi connectivity index (χ1) is 5.87. The van der Waals surface area contributed by atoms with Crippen LogP contribution in [0.25, 0.3) is 0 Å². The Morgan fingerprint density at radius 1 is 1.42 bits per heavy atom. The highest BCUT2D eigenvalue weighted by Crippen LogP contribution is 2.52. The molecule has 1 saturated heterocycles. The van der Waals surface area contributed by atoms with Gasteiger partial charge in [-0.2, -0.15) is 0 Å². The molecule has 70 valence electrons. The van der Waals surface area contributed by atoms with E-state index in [9.17, 15) is 0 Å². The van der Waals surface area contributed by atoms with Crippen LogP contribution in [0.2, 0.25) is 0 Å². The van der Waals surface area contributed by atoms with Crippen LogP contribution in [-0.2, 0) is 4.74 Å². The Labute approximate surface area is 74.5 Å². The van der Waals surface area contributed by atoms with Gasteiger partial charge in [0.2, 0.25) is 0 Å². The summed E-state index contributed by atoms with van der Waals surface area (Å²) < 4.78 is 5.44. The Morgan fingerprint density at radius 2 is 2.25 bits per heavy atom. The summed E-state index contributed by atoms with van der Waals surface area (Å²) >= 11 is 0. The van der Waals surface area contributed by atoms with Crippen molar-refractivity contribution in [3.8, 4) is 0 Å². The molecule has 0 aromatic carbocycles. The van der Waals surface area contributed by atoms with Crippen LogP contribution < -0.4 is 5.73 Å². The number of rotatable bonds is 3. The maximum Gasteiger partial charge on any atom is 0.0500 e. The van der Waals surface area contributed by atoms with Crippen LogP contribution in [0.5, 0.6) is 0 Å². The summed E-state index contributed by atoms with van der Waals surface area (Å²) in [5.74, 6) is 0.829. The molecule has 12 heavy (non-hydrogen) atoms. The Kier molecular flexibility index (Phi) is 2.37. The Morgan fingerprint density at radius 3 is 2.67 bits per heavy atom. The van der Waals surface area contributed by atoms with Gasteiger partial charge in [0.25, 0.3) is 0 Å². The van der Waals surface area contributed by atoms with Gasteiger partial charge in [0.05, 0.1) is 0 Å². The topological polar surface area (TPSA) is 35.2 Å². The number of hydrogen-bond acceptors (Lipinski definition) is 2. The fourth-order valence-corrected chi connectivity index (χ4v) is 2.80. The SMILES string of the molecule is NCCC1(C2CCOC2)CCC1. The highest BCUT2D eigenvalue weighted by Gasteiger charge is 2.44. The lowest BCUT2D eigenvalue weighted by atomic mass is 9.59. The second-order valence-electron chi connectivity index (χ2n) is 4.32. The highest BCUT2D eigenvalue weighted by molar-refractivity contribution is 4.94. The van der Waals surface area contributed by atoms with Crippen LogP contribution in [0.15, 0.2) is 0 Å². The third-order valence-electron chi connectivity index (χ3n) is 3.79. The number of nitrogens with two attached hydrogens (primary N) is 1. The lowest BCUT2D eigenvalue weighted by molar-refractivity contribution is 0.0324. The van der Waals surface area contributed by atoms with Crippen LogP contribution in [0, 0.1) is 11.3 Å². The van der Waals surface area contributed by atoms with Crippen molar-refractivity contribution < 1.29 is 4.74 Å². The molecule has 2 aliphatic rings. The van der Waals surface area contributed by atoms with Crippen LogP contribution in [0.1, 0.15) is 32.1 Å². The van der Waals surface area contributed by atoms with E-state index in [1.54, 1.807) is 0 Å². The van der Waals surface area contributed by atoms with E-state index in [1.165, 1.54) is 32.1 Å². The van der Waals surface area contributed by atoms with Crippen molar-refractivity contribution in [2.24, 2.45) is 17.1 Å². The predicted octanol–water partition coefficient (Wildman–Crippen LogP) is 1.54. The van der Waals surface area contributed by atoms with Gasteiger partial charge < -0.3 is 10.5 Å². The molecular weight excluding hydrogens is 150 g/mol. The summed E-state index contributed by atoms with van der Waals surface area (Å²) in [5, 5.41) is 0. The van der Waals surface area contributed by atoms with Gasteiger partial charge in [-0.05, 0) is 43.6 Å². The lowest BCUT2D eigenvalue weighted by Gasteiger charge is -2.46. The first-order valence-electron chi connectivity index (χ1n) is 5.15. The average molecular weight is 169 g/mol. The quantitative estimate of drug-likeness (QED) is 0.695. The molecule has 2 N–H and O–H groups in total. The smallest absolute Gasteiger partial charge is 0.0500 e. The van der Waals surface area contributed by atoms with E-state index >= 15 is 0 Å². The third kappa shape index (κ3) is 1.27. The molecule has 1 aliphatic carbocycles. The second-order valence-corrected chi connectivity index (χ2v) is 4.32. The van der Waals surface area contributed by atoms with Crippen LogP contribution in [0.4, 0.5) is 0 Å². The van der Waals surface area contributed by atoms with Gasteiger partial charge in [-0.1, -0.05) is 6.42 Å². The van der Waals surface area contributed by atoms with E-state index in [2.05, 4.69) is 0 Å². The fourth-order valence-electron chi connectivity index (χ4n) is 2.80. The van der Waals surface area contributed by atoms with Crippen LogP contribution >= 0.6 is 0 Å². The van der Waals surface area contributed by atoms with Gasteiger partial charge >= 0.3 is 0 Å². The molecule has 2 fully saturated rings. The van der Waals surface area contributed by atoms with Gasteiger partial charge in [-0.25, -0.2) is 0 Å². The molecule has 1 heterocycles. The van der Waals surface area contributed by atoms with E-state index in [1.807, 2.05) is 0 Å². The van der Waals surface area contributed by atoms with Crippen molar-refractivity contribution in [3.05, 3.63) is 0 Å². The molecule has 1 aliphatic heterocycles. The zero-order valence-electron chi connectivity index (χ0n) is 7.72. The molecule has 1 atom stereocenters. The Balaban J connectivity index is 1.95. The van der Waals surface area contributed by atoms with Crippen LogP contribution in [-0.4, -0.2) is 19.8 Å².